The Labute approximate surface area is 138 Å². The van der Waals surface area contributed by atoms with Crippen LogP contribution in [-0.2, 0) is 16.1 Å². The second kappa shape index (κ2) is 6.95. The lowest BCUT2D eigenvalue weighted by Crippen LogP contribution is -2.34. The fraction of sp³-hybridized carbons (Fsp3) is 0.167. The molecule has 1 atom stereocenters. The van der Waals surface area contributed by atoms with E-state index in [1.165, 1.54) is 0 Å². The molecule has 0 aliphatic carbocycles. The minimum absolute atomic E-state index is 0.155. The van der Waals surface area contributed by atoms with E-state index < -0.39 is 12.0 Å². The summed E-state index contributed by atoms with van der Waals surface area (Å²) in [5, 5.41) is 17.2. The molecule has 3 aromatic rings. The van der Waals surface area contributed by atoms with Gasteiger partial charge in [-0.25, -0.2) is 4.79 Å². The number of aryl methyl sites for hydroxylation is 1. The molecule has 0 bridgehead atoms. The zero-order chi connectivity index (χ0) is 16.9. The molecule has 0 saturated carbocycles. The van der Waals surface area contributed by atoms with Crippen LogP contribution in [0.5, 0.6) is 0 Å². The SMILES string of the molecule is O=C(CCn1ncc2ccccc21)N[C@@H](C(=O)O)c1ccccc1. The van der Waals surface area contributed by atoms with Crippen molar-refractivity contribution in [2.24, 2.45) is 0 Å². The summed E-state index contributed by atoms with van der Waals surface area (Å²) in [6.45, 7) is 0.389. The Morgan fingerprint density at radius 2 is 1.79 bits per heavy atom. The number of fused-ring (bicyclic) bond motifs is 1. The average Bonchev–Trinajstić information content (AvgIpc) is 3.01. The smallest absolute Gasteiger partial charge is 0.330 e. The van der Waals surface area contributed by atoms with Crippen LogP contribution < -0.4 is 5.32 Å². The Morgan fingerprint density at radius 3 is 2.54 bits per heavy atom. The molecule has 0 aliphatic heterocycles. The largest absolute Gasteiger partial charge is 0.479 e. The van der Waals surface area contributed by atoms with E-state index >= 15 is 0 Å². The van der Waals surface area contributed by atoms with Crippen LogP contribution in [0, 0.1) is 0 Å². The van der Waals surface area contributed by atoms with Gasteiger partial charge in [-0.1, -0.05) is 48.5 Å². The summed E-state index contributed by atoms with van der Waals surface area (Å²) in [6, 6.07) is 15.3. The van der Waals surface area contributed by atoms with Gasteiger partial charge in [0.2, 0.25) is 5.91 Å². The van der Waals surface area contributed by atoms with E-state index in [9.17, 15) is 14.7 Å². The number of carbonyl (C=O) groups excluding carboxylic acids is 1. The standard InChI is InChI=1S/C18H17N3O3/c22-16(20-17(18(23)24)13-6-2-1-3-7-13)10-11-21-15-9-5-4-8-14(15)12-19-21/h1-9,12,17H,10-11H2,(H,20,22)(H,23,24)/t17-/m1/s1. The van der Waals surface area contributed by atoms with Gasteiger partial charge in [-0.05, 0) is 11.6 Å². The molecule has 6 heteroatoms. The molecular weight excluding hydrogens is 306 g/mol. The normalized spacial score (nSPS) is 12.0. The number of aliphatic carboxylic acids is 1. The molecule has 3 rings (SSSR count). The molecule has 0 fully saturated rings. The van der Waals surface area contributed by atoms with Crippen molar-refractivity contribution in [3.63, 3.8) is 0 Å². The van der Waals surface area contributed by atoms with Crippen LogP contribution in [0.4, 0.5) is 0 Å². The number of carboxylic acid groups (broad SMARTS) is 1. The molecule has 0 aliphatic rings. The molecule has 0 unspecified atom stereocenters. The lowest BCUT2D eigenvalue weighted by molar-refractivity contribution is -0.142. The van der Waals surface area contributed by atoms with Crippen LogP contribution in [0.1, 0.15) is 18.0 Å². The van der Waals surface area contributed by atoms with E-state index in [1.807, 2.05) is 24.3 Å². The van der Waals surface area contributed by atoms with Crippen LogP contribution in [0.2, 0.25) is 0 Å². The van der Waals surface area contributed by atoms with Gasteiger partial charge < -0.3 is 10.4 Å². The van der Waals surface area contributed by atoms with Gasteiger partial charge in [-0.2, -0.15) is 5.10 Å². The maximum absolute atomic E-state index is 12.1. The molecule has 2 N–H and O–H groups in total. The second-order valence-corrected chi connectivity index (χ2v) is 5.43. The molecule has 1 heterocycles. The van der Waals surface area contributed by atoms with E-state index in [1.54, 1.807) is 41.2 Å². The number of hydrogen-bond donors (Lipinski definition) is 2. The minimum atomic E-state index is -1.08. The lowest BCUT2D eigenvalue weighted by atomic mass is 10.1. The quantitative estimate of drug-likeness (QED) is 0.729. The van der Waals surface area contributed by atoms with E-state index in [0.29, 0.717) is 12.1 Å². The van der Waals surface area contributed by atoms with Gasteiger partial charge in [0.15, 0.2) is 6.04 Å². The predicted molar refractivity (Wildman–Crippen MR) is 89.3 cm³/mol. The van der Waals surface area contributed by atoms with Crippen molar-refractivity contribution in [2.75, 3.05) is 0 Å². The zero-order valence-electron chi connectivity index (χ0n) is 12.9. The third kappa shape index (κ3) is 3.43. The topological polar surface area (TPSA) is 84.2 Å². The predicted octanol–water partition coefficient (Wildman–Crippen LogP) is 2.37. The summed E-state index contributed by atoms with van der Waals surface area (Å²) >= 11 is 0. The molecular formula is C18H17N3O3. The number of nitrogens with zero attached hydrogens (tertiary/aromatic N) is 2. The minimum Gasteiger partial charge on any atom is -0.479 e. The van der Waals surface area contributed by atoms with Crippen LogP contribution >= 0.6 is 0 Å². The van der Waals surface area contributed by atoms with Crippen molar-refractivity contribution in [1.29, 1.82) is 0 Å². The van der Waals surface area contributed by atoms with Crippen LogP contribution in [0.25, 0.3) is 10.9 Å². The van der Waals surface area contributed by atoms with Crippen molar-refractivity contribution < 1.29 is 14.7 Å². The number of aromatic nitrogens is 2. The Bertz CT molecular complexity index is 858. The van der Waals surface area contributed by atoms with Crippen LogP contribution in [0.15, 0.2) is 60.8 Å². The maximum Gasteiger partial charge on any atom is 0.330 e. The van der Waals surface area contributed by atoms with Gasteiger partial charge in [0.25, 0.3) is 0 Å². The third-order valence-electron chi connectivity index (χ3n) is 3.79. The molecule has 24 heavy (non-hydrogen) atoms. The van der Waals surface area contributed by atoms with Gasteiger partial charge >= 0.3 is 5.97 Å². The second-order valence-electron chi connectivity index (χ2n) is 5.43. The van der Waals surface area contributed by atoms with E-state index in [0.717, 1.165) is 10.9 Å². The highest BCUT2D eigenvalue weighted by molar-refractivity contribution is 5.84. The van der Waals surface area contributed by atoms with Crippen LogP contribution in [0.3, 0.4) is 0 Å². The molecule has 0 spiro atoms. The van der Waals surface area contributed by atoms with Crippen molar-refractivity contribution in [2.45, 2.75) is 19.0 Å². The maximum atomic E-state index is 12.1. The Hall–Kier alpha value is -3.15. The van der Waals surface area contributed by atoms with Gasteiger partial charge in [0, 0.05) is 11.8 Å². The Kier molecular flexibility index (Phi) is 4.56. The van der Waals surface area contributed by atoms with Gasteiger partial charge in [0.1, 0.15) is 0 Å². The van der Waals surface area contributed by atoms with Gasteiger partial charge in [-0.15, -0.1) is 0 Å². The molecule has 1 amide bonds. The van der Waals surface area contributed by atoms with E-state index in [-0.39, 0.29) is 12.3 Å². The molecule has 122 valence electrons. The number of nitrogens with one attached hydrogen (secondary N) is 1. The zero-order valence-corrected chi connectivity index (χ0v) is 12.9. The highest BCUT2D eigenvalue weighted by atomic mass is 16.4. The number of carboxylic acids is 1. The number of benzene rings is 2. The number of carbonyl (C=O) groups is 2. The van der Waals surface area contributed by atoms with Crippen molar-refractivity contribution in [3.8, 4) is 0 Å². The highest BCUT2D eigenvalue weighted by Gasteiger charge is 2.21. The van der Waals surface area contributed by atoms with Gasteiger partial charge in [0.05, 0.1) is 18.3 Å². The first-order chi connectivity index (χ1) is 11.6. The molecule has 0 saturated heterocycles. The number of amides is 1. The first kappa shape index (κ1) is 15.7. The number of para-hydroxylation sites is 1. The fourth-order valence-corrected chi connectivity index (χ4v) is 2.58. The number of hydrogen-bond acceptors (Lipinski definition) is 3. The summed E-state index contributed by atoms with van der Waals surface area (Å²) in [7, 11) is 0. The van der Waals surface area contributed by atoms with Crippen LogP contribution in [-0.4, -0.2) is 26.8 Å². The highest BCUT2D eigenvalue weighted by Crippen LogP contribution is 2.14. The monoisotopic (exact) mass is 323 g/mol. The summed E-state index contributed by atoms with van der Waals surface area (Å²) in [5.41, 5.74) is 1.49. The van der Waals surface area contributed by atoms with E-state index in [4.69, 9.17) is 0 Å². The molecule has 0 radical (unpaired) electrons. The Balaban J connectivity index is 1.65. The summed E-state index contributed by atoms with van der Waals surface area (Å²) in [5.74, 6) is -1.41. The van der Waals surface area contributed by atoms with E-state index in [2.05, 4.69) is 10.4 Å². The van der Waals surface area contributed by atoms with Gasteiger partial charge in [-0.3, -0.25) is 9.48 Å². The average molecular weight is 323 g/mol. The third-order valence-corrected chi connectivity index (χ3v) is 3.79. The van der Waals surface area contributed by atoms with Crippen molar-refractivity contribution in [1.82, 2.24) is 15.1 Å². The molecule has 6 nitrogen and oxygen atoms in total. The summed E-state index contributed by atoms with van der Waals surface area (Å²) < 4.78 is 1.74. The lowest BCUT2D eigenvalue weighted by Gasteiger charge is -2.15. The van der Waals surface area contributed by atoms with Crippen molar-refractivity contribution >= 4 is 22.8 Å². The number of rotatable bonds is 6. The molecule has 2 aromatic carbocycles. The fourth-order valence-electron chi connectivity index (χ4n) is 2.58. The van der Waals surface area contributed by atoms with Crippen molar-refractivity contribution in [3.05, 3.63) is 66.4 Å². The first-order valence-electron chi connectivity index (χ1n) is 7.63. The molecule has 1 aromatic heterocycles. The summed E-state index contributed by atoms with van der Waals surface area (Å²) in [4.78, 5) is 23.6. The summed E-state index contributed by atoms with van der Waals surface area (Å²) in [6.07, 6.45) is 1.90. The first-order valence-corrected chi connectivity index (χ1v) is 7.63. The Morgan fingerprint density at radius 1 is 1.08 bits per heavy atom.